The van der Waals surface area contributed by atoms with Gasteiger partial charge in [-0.15, -0.1) is 0 Å². The van der Waals surface area contributed by atoms with E-state index in [0.717, 1.165) is 12.8 Å². The van der Waals surface area contributed by atoms with Crippen molar-refractivity contribution in [3.63, 3.8) is 0 Å². The van der Waals surface area contributed by atoms with E-state index in [2.05, 4.69) is 10.1 Å². The maximum Gasteiger partial charge on any atom is 0.229 e. The highest BCUT2D eigenvalue weighted by atomic mass is 35.5. The highest BCUT2D eigenvalue weighted by Gasteiger charge is 2.29. The number of nitrogens with zero attached hydrogens (tertiary/aromatic N) is 2. The van der Waals surface area contributed by atoms with Crippen LogP contribution in [0.15, 0.2) is 22.7 Å². The Morgan fingerprint density at radius 2 is 2.26 bits per heavy atom. The quantitative estimate of drug-likeness (QED) is 0.912. The van der Waals surface area contributed by atoms with Crippen LogP contribution in [0.1, 0.15) is 36.0 Å². The van der Waals surface area contributed by atoms with Crippen molar-refractivity contribution in [1.82, 2.24) is 10.1 Å². The van der Waals surface area contributed by atoms with Crippen LogP contribution in [0.5, 0.6) is 5.75 Å². The molecule has 0 unspecified atom stereocenters. The molecule has 0 saturated heterocycles. The van der Waals surface area contributed by atoms with E-state index in [1.54, 1.807) is 18.2 Å². The lowest BCUT2D eigenvalue weighted by molar-refractivity contribution is 0.253. The topological polar surface area (TPSA) is 68.4 Å². The number of halogens is 1. The molecule has 0 radical (unpaired) electrons. The number of ether oxygens (including phenoxy) is 1. The molecule has 2 aromatic rings. The first kappa shape index (κ1) is 12.4. The Hall–Kier alpha value is -1.59. The van der Waals surface area contributed by atoms with Crippen molar-refractivity contribution in [1.29, 1.82) is 0 Å². The number of hydrogen-bond acceptors (Lipinski definition) is 5. The number of hydrogen-bond donors (Lipinski definition) is 1. The van der Waals surface area contributed by atoms with Crippen molar-refractivity contribution >= 4 is 11.6 Å². The van der Waals surface area contributed by atoms with Gasteiger partial charge in [0.25, 0.3) is 0 Å². The van der Waals surface area contributed by atoms with E-state index < -0.39 is 0 Å². The molecule has 1 N–H and O–H groups in total. The lowest BCUT2D eigenvalue weighted by Crippen LogP contribution is -2.00. The highest BCUT2D eigenvalue weighted by molar-refractivity contribution is 6.30. The SMILES string of the molecule is OCc1cc(Cl)ccc1OCc1noc(C2CC2)n1. The summed E-state index contributed by atoms with van der Waals surface area (Å²) in [5.41, 5.74) is 0.637. The molecular weight excluding hydrogens is 268 g/mol. The van der Waals surface area contributed by atoms with Crippen molar-refractivity contribution in [2.24, 2.45) is 0 Å². The zero-order chi connectivity index (χ0) is 13.2. The van der Waals surface area contributed by atoms with Crippen LogP contribution in [-0.4, -0.2) is 15.2 Å². The molecular formula is C13H13ClN2O3. The number of benzene rings is 1. The zero-order valence-electron chi connectivity index (χ0n) is 10.2. The van der Waals surface area contributed by atoms with Gasteiger partial charge in [0.1, 0.15) is 5.75 Å². The van der Waals surface area contributed by atoms with Gasteiger partial charge in [-0.3, -0.25) is 0 Å². The molecule has 5 nitrogen and oxygen atoms in total. The van der Waals surface area contributed by atoms with Crippen LogP contribution in [0.4, 0.5) is 0 Å². The first-order valence-electron chi connectivity index (χ1n) is 6.11. The number of rotatable bonds is 5. The molecule has 0 bridgehead atoms. The summed E-state index contributed by atoms with van der Waals surface area (Å²) >= 11 is 5.85. The summed E-state index contributed by atoms with van der Waals surface area (Å²) in [5, 5.41) is 13.7. The monoisotopic (exact) mass is 280 g/mol. The molecule has 1 aliphatic carbocycles. The largest absolute Gasteiger partial charge is 0.485 e. The summed E-state index contributed by atoms with van der Waals surface area (Å²) < 4.78 is 10.7. The minimum atomic E-state index is -0.130. The second-order valence-corrected chi connectivity index (χ2v) is 4.96. The van der Waals surface area contributed by atoms with Gasteiger partial charge < -0.3 is 14.4 Å². The van der Waals surface area contributed by atoms with E-state index in [1.807, 2.05) is 0 Å². The molecule has 1 aliphatic rings. The van der Waals surface area contributed by atoms with Gasteiger partial charge in [0.15, 0.2) is 6.61 Å². The molecule has 0 amide bonds. The molecule has 19 heavy (non-hydrogen) atoms. The van der Waals surface area contributed by atoms with Crippen molar-refractivity contribution < 1.29 is 14.4 Å². The zero-order valence-corrected chi connectivity index (χ0v) is 10.9. The van der Waals surface area contributed by atoms with Crippen molar-refractivity contribution in [2.45, 2.75) is 32.0 Å². The van der Waals surface area contributed by atoms with Crippen LogP contribution in [0.3, 0.4) is 0 Å². The Morgan fingerprint density at radius 3 is 3.00 bits per heavy atom. The Kier molecular flexibility index (Phi) is 3.40. The first-order chi connectivity index (χ1) is 9.26. The van der Waals surface area contributed by atoms with Crippen molar-refractivity contribution in [3.05, 3.63) is 40.5 Å². The van der Waals surface area contributed by atoms with E-state index in [0.29, 0.717) is 34.0 Å². The Morgan fingerprint density at radius 1 is 1.42 bits per heavy atom. The molecule has 100 valence electrons. The summed E-state index contributed by atoms with van der Waals surface area (Å²) in [4.78, 5) is 4.27. The maximum atomic E-state index is 9.24. The molecule has 1 aromatic heterocycles. The maximum absolute atomic E-state index is 9.24. The van der Waals surface area contributed by atoms with Crippen LogP contribution >= 0.6 is 11.6 Å². The van der Waals surface area contributed by atoms with E-state index in [9.17, 15) is 5.11 Å². The predicted octanol–water partition coefficient (Wildman–Crippen LogP) is 2.67. The smallest absolute Gasteiger partial charge is 0.229 e. The minimum Gasteiger partial charge on any atom is -0.485 e. The summed E-state index contributed by atoms with van der Waals surface area (Å²) in [5.74, 6) is 2.22. The molecule has 3 rings (SSSR count). The summed E-state index contributed by atoms with van der Waals surface area (Å²) in [6.07, 6.45) is 2.24. The molecule has 1 heterocycles. The van der Waals surface area contributed by atoms with Crippen LogP contribution in [0, 0.1) is 0 Å². The van der Waals surface area contributed by atoms with Crippen LogP contribution < -0.4 is 4.74 Å². The standard InChI is InChI=1S/C13H13ClN2O3/c14-10-3-4-11(9(5-10)6-17)18-7-12-15-13(19-16-12)8-1-2-8/h3-5,8,17H,1-2,6-7H2. The average molecular weight is 281 g/mol. The van der Waals surface area contributed by atoms with Gasteiger partial charge in [-0.25, -0.2) is 0 Å². The molecule has 1 fully saturated rings. The van der Waals surface area contributed by atoms with E-state index >= 15 is 0 Å². The third-order valence-electron chi connectivity index (χ3n) is 2.96. The predicted molar refractivity (Wildman–Crippen MR) is 68.0 cm³/mol. The Balaban J connectivity index is 1.67. The number of aromatic nitrogens is 2. The lowest BCUT2D eigenvalue weighted by Gasteiger charge is -2.08. The van der Waals surface area contributed by atoms with Gasteiger partial charge in [-0.05, 0) is 31.0 Å². The van der Waals surface area contributed by atoms with Crippen molar-refractivity contribution in [2.75, 3.05) is 0 Å². The van der Waals surface area contributed by atoms with Crippen LogP contribution in [-0.2, 0) is 13.2 Å². The molecule has 0 atom stereocenters. The highest BCUT2D eigenvalue weighted by Crippen LogP contribution is 2.38. The molecule has 1 aromatic carbocycles. The summed E-state index contributed by atoms with van der Waals surface area (Å²) in [7, 11) is 0. The molecule has 0 spiro atoms. The second-order valence-electron chi connectivity index (χ2n) is 4.52. The van der Waals surface area contributed by atoms with E-state index in [-0.39, 0.29) is 13.2 Å². The molecule has 6 heteroatoms. The van der Waals surface area contributed by atoms with Gasteiger partial charge in [0, 0.05) is 16.5 Å². The summed E-state index contributed by atoms with van der Waals surface area (Å²) in [6.45, 7) is 0.0836. The van der Waals surface area contributed by atoms with Crippen molar-refractivity contribution in [3.8, 4) is 5.75 Å². The number of aliphatic hydroxyl groups is 1. The fourth-order valence-corrected chi connectivity index (χ4v) is 1.97. The number of aliphatic hydroxyl groups excluding tert-OH is 1. The third kappa shape index (κ3) is 2.88. The lowest BCUT2D eigenvalue weighted by atomic mass is 10.2. The van der Waals surface area contributed by atoms with Gasteiger partial charge in [-0.1, -0.05) is 16.8 Å². The average Bonchev–Trinajstić information content (AvgIpc) is 3.17. The fourth-order valence-electron chi connectivity index (χ4n) is 1.78. The van der Waals surface area contributed by atoms with Gasteiger partial charge in [0.05, 0.1) is 6.61 Å². The Labute approximate surface area is 115 Å². The molecule has 0 aliphatic heterocycles. The van der Waals surface area contributed by atoms with E-state index in [1.165, 1.54) is 0 Å². The Bertz CT molecular complexity index is 581. The van der Waals surface area contributed by atoms with Gasteiger partial charge >= 0.3 is 0 Å². The first-order valence-corrected chi connectivity index (χ1v) is 6.48. The third-order valence-corrected chi connectivity index (χ3v) is 3.20. The summed E-state index contributed by atoms with van der Waals surface area (Å²) in [6, 6.07) is 5.10. The second kappa shape index (κ2) is 5.19. The fraction of sp³-hybridized carbons (Fsp3) is 0.385. The van der Waals surface area contributed by atoms with Gasteiger partial charge in [-0.2, -0.15) is 4.98 Å². The molecule has 1 saturated carbocycles. The normalized spacial score (nSPS) is 14.6. The minimum absolute atomic E-state index is 0.130. The van der Waals surface area contributed by atoms with Crippen LogP contribution in [0.25, 0.3) is 0 Å². The van der Waals surface area contributed by atoms with E-state index in [4.69, 9.17) is 20.9 Å². The van der Waals surface area contributed by atoms with Crippen LogP contribution in [0.2, 0.25) is 5.02 Å². The van der Waals surface area contributed by atoms with Gasteiger partial charge in [0.2, 0.25) is 11.7 Å².